The molecule has 0 saturated heterocycles. The van der Waals surface area contributed by atoms with Gasteiger partial charge in [-0.2, -0.15) is 8.42 Å². The highest BCUT2D eigenvalue weighted by atomic mass is 32.2. The van der Waals surface area contributed by atoms with Gasteiger partial charge in [0.25, 0.3) is 15.7 Å². The second-order valence-corrected chi connectivity index (χ2v) is 6.91. The van der Waals surface area contributed by atoms with Crippen molar-refractivity contribution in [2.75, 3.05) is 35.8 Å². The maximum absolute atomic E-state index is 12.1. The van der Waals surface area contributed by atoms with Crippen LogP contribution in [0.2, 0.25) is 0 Å². The number of carbonyl (C=O) groups excluding carboxylic acids is 1. The van der Waals surface area contributed by atoms with Crippen molar-refractivity contribution in [3.05, 3.63) is 22.5 Å². The van der Waals surface area contributed by atoms with E-state index in [1.54, 1.807) is 0 Å². The Hall–Kier alpha value is -2.40. The minimum Gasteiger partial charge on any atom is -0.465 e. The summed E-state index contributed by atoms with van der Waals surface area (Å²) >= 11 is 0. The van der Waals surface area contributed by atoms with E-state index >= 15 is 0 Å². The summed E-state index contributed by atoms with van der Waals surface area (Å²) in [6.07, 6.45) is -0.426. The van der Waals surface area contributed by atoms with Crippen molar-refractivity contribution < 1.29 is 27.3 Å². The first kappa shape index (κ1) is 15.5. The van der Waals surface area contributed by atoms with Crippen molar-refractivity contribution in [2.24, 2.45) is 0 Å². The molecule has 1 aromatic heterocycles. The number of hydrogen-bond donors (Lipinski definition) is 1. The van der Waals surface area contributed by atoms with Crippen LogP contribution in [0.3, 0.4) is 0 Å². The van der Waals surface area contributed by atoms with E-state index in [0.717, 1.165) is 11.2 Å². The molecule has 0 bridgehead atoms. The average Bonchev–Trinajstić information content (AvgIpc) is 2.83. The molecule has 1 N–H and O–H groups in total. The van der Waals surface area contributed by atoms with Crippen LogP contribution in [0.5, 0.6) is 0 Å². The molecule has 11 heteroatoms. The number of rotatable bonds is 3. The van der Waals surface area contributed by atoms with E-state index in [0.29, 0.717) is 0 Å². The molecule has 0 aliphatic carbocycles. The Morgan fingerprint density at radius 1 is 1.39 bits per heavy atom. The topological polar surface area (TPSA) is 126 Å². The van der Waals surface area contributed by atoms with E-state index in [2.05, 4.69) is 0 Å². The third-order valence-electron chi connectivity index (χ3n) is 3.68. The summed E-state index contributed by atoms with van der Waals surface area (Å²) in [7, 11) is -3.71. The van der Waals surface area contributed by atoms with Gasteiger partial charge in [0.1, 0.15) is 12.4 Å². The molecule has 1 aromatic rings. The molecule has 3 rings (SSSR count). The van der Waals surface area contributed by atoms with Gasteiger partial charge >= 0.3 is 6.09 Å². The van der Waals surface area contributed by atoms with Crippen LogP contribution >= 0.6 is 0 Å². The summed E-state index contributed by atoms with van der Waals surface area (Å²) in [5.41, 5.74) is -0.257. The number of carbonyl (C=O) groups is 2. The fourth-order valence-corrected chi connectivity index (χ4v) is 3.17. The monoisotopic (exact) mass is 343 g/mol. The predicted molar refractivity (Wildman–Crippen MR) is 78.3 cm³/mol. The lowest BCUT2D eigenvalue weighted by Crippen LogP contribution is -2.47. The van der Waals surface area contributed by atoms with Crippen molar-refractivity contribution in [2.45, 2.75) is 6.04 Å². The van der Waals surface area contributed by atoms with Gasteiger partial charge in [0.15, 0.2) is 0 Å². The van der Waals surface area contributed by atoms with Crippen LogP contribution in [0.15, 0.2) is 16.9 Å². The van der Waals surface area contributed by atoms with Crippen LogP contribution in [-0.4, -0.2) is 56.0 Å². The van der Waals surface area contributed by atoms with E-state index in [4.69, 9.17) is 4.18 Å². The fourth-order valence-electron chi connectivity index (χ4n) is 2.77. The summed E-state index contributed by atoms with van der Waals surface area (Å²) in [5.74, 6) is -0.334. The summed E-state index contributed by atoms with van der Waals surface area (Å²) < 4.78 is 28.2. The zero-order valence-corrected chi connectivity index (χ0v) is 12.8. The number of nitrogens with zero attached hydrogens (tertiary/aromatic N) is 3. The van der Waals surface area contributed by atoms with Crippen molar-refractivity contribution in [1.29, 1.82) is 0 Å². The third kappa shape index (κ3) is 2.57. The number of hydrogen-bond acceptors (Lipinski definition) is 6. The molecule has 23 heavy (non-hydrogen) atoms. The molecule has 0 radical (unpaired) electrons. The quantitative estimate of drug-likeness (QED) is 0.713. The summed E-state index contributed by atoms with van der Waals surface area (Å²) in [4.78, 5) is 37.7. The van der Waals surface area contributed by atoms with E-state index in [9.17, 15) is 27.9 Å². The van der Waals surface area contributed by atoms with Crippen molar-refractivity contribution in [1.82, 2.24) is 4.57 Å². The standard InChI is InChI=1S/C12H13N3O7S/c1-23(20,21)22-6-7-4-14-10(17)5-13(12(18)19)8-2-3-9(16)15(7)11(8)14/h2-3,7H,4-6H2,1H3,(H,18,19)/t7-/m0/s1. The number of pyridine rings is 1. The molecular weight excluding hydrogens is 330 g/mol. The lowest BCUT2D eigenvalue weighted by molar-refractivity contribution is -0.117. The highest BCUT2D eigenvalue weighted by Gasteiger charge is 2.42. The van der Waals surface area contributed by atoms with Gasteiger partial charge in [0.05, 0.1) is 31.1 Å². The maximum Gasteiger partial charge on any atom is 0.412 e. The van der Waals surface area contributed by atoms with Crippen LogP contribution in [0.1, 0.15) is 6.04 Å². The van der Waals surface area contributed by atoms with Crippen molar-refractivity contribution in [3.8, 4) is 0 Å². The van der Waals surface area contributed by atoms with Crippen LogP contribution < -0.4 is 15.4 Å². The maximum atomic E-state index is 12.1. The van der Waals surface area contributed by atoms with Crippen LogP contribution in [-0.2, 0) is 19.1 Å². The van der Waals surface area contributed by atoms with E-state index in [1.807, 2.05) is 0 Å². The first-order valence-electron chi connectivity index (χ1n) is 6.60. The molecule has 124 valence electrons. The Morgan fingerprint density at radius 3 is 2.70 bits per heavy atom. The smallest absolute Gasteiger partial charge is 0.412 e. The minimum absolute atomic E-state index is 0.0497. The minimum atomic E-state index is -3.71. The molecule has 0 fully saturated rings. The number of amides is 2. The van der Waals surface area contributed by atoms with Gasteiger partial charge in [-0.1, -0.05) is 0 Å². The Morgan fingerprint density at radius 2 is 2.09 bits per heavy atom. The van der Waals surface area contributed by atoms with Gasteiger partial charge in [0.2, 0.25) is 5.91 Å². The molecule has 0 saturated carbocycles. The average molecular weight is 343 g/mol. The van der Waals surface area contributed by atoms with E-state index < -0.39 is 33.7 Å². The van der Waals surface area contributed by atoms with E-state index in [1.165, 1.54) is 21.6 Å². The molecule has 2 aliphatic rings. The number of aromatic nitrogens is 1. The van der Waals surface area contributed by atoms with E-state index in [-0.39, 0.29) is 31.2 Å². The molecule has 0 spiro atoms. The molecule has 0 unspecified atom stereocenters. The highest BCUT2D eigenvalue weighted by Crippen LogP contribution is 2.39. The second kappa shape index (κ2) is 5.06. The molecule has 10 nitrogen and oxygen atoms in total. The van der Waals surface area contributed by atoms with Gasteiger partial charge in [-0.05, 0) is 6.07 Å². The summed E-state index contributed by atoms with van der Waals surface area (Å²) in [6, 6.07) is 1.81. The van der Waals surface area contributed by atoms with Crippen LogP contribution in [0.4, 0.5) is 16.3 Å². The van der Waals surface area contributed by atoms with Crippen molar-refractivity contribution in [3.63, 3.8) is 0 Å². The zero-order chi connectivity index (χ0) is 16.9. The Balaban J connectivity index is 2.09. The highest BCUT2D eigenvalue weighted by molar-refractivity contribution is 7.85. The third-order valence-corrected chi connectivity index (χ3v) is 4.25. The Labute approximate surface area is 130 Å². The number of anilines is 2. The van der Waals surface area contributed by atoms with Crippen molar-refractivity contribution >= 4 is 33.6 Å². The molecule has 2 aliphatic heterocycles. The Kier molecular flexibility index (Phi) is 3.41. The first-order valence-corrected chi connectivity index (χ1v) is 8.41. The fraction of sp³-hybridized carbons (Fsp3) is 0.417. The number of carboxylic acid groups (broad SMARTS) is 1. The lowest BCUT2D eigenvalue weighted by Gasteiger charge is -2.31. The second-order valence-electron chi connectivity index (χ2n) is 5.27. The zero-order valence-electron chi connectivity index (χ0n) is 12.0. The van der Waals surface area contributed by atoms with Gasteiger partial charge in [-0.3, -0.25) is 28.1 Å². The molecular formula is C12H13N3O7S. The summed E-state index contributed by atoms with van der Waals surface area (Å²) in [5, 5.41) is 9.21. The van der Waals surface area contributed by atoms with Crippen LogP contribution in [0, 0.1) is 0 Å². The molecule has 1 atom stereocenters. The van der Waals surface area contributed by atoms with Gasteiger partial charge in [-0.15, -0.1) is 0 Å². The Bertz CT molecular complexity index is 860. The first-order chi connectivity index (χ1) is 10.7. The molecule has 0 aromatic carbocycles. The van der Waals surface area contributed by atoms with Crippen LogP contribution in [0.25, 0.3) is 0 Å². The van der Waals surface area contributed by atoms with Gasteiger partial charge < -0.3 is 5.11 Å². The van der Waals surface area contributed by atoms with Gasteiger partial charge in [-0.25, -0.2) is 4.79 Å². The SMILES string of the molecule is CS(=O)(=O)OC[C@@H]1CN2C(=O)CN(C(=O)O)c3ccc(=O)n1c32. The normalized spacial score (nSPS) is 19.9. The lowest BCUT2D eigenvalue weighted by atomic mass is 10.2. The molecule has 2 amide bonds. The largest absolute Gasteiger partial charge is 0.465 e. The summed E-state index contributed by atoms with van der Waals surface area (Å²) in [6.45, 7) is -0.625. The van der Waals surface area contributed by atoms with Gasteiger partial charge in [0, 0.05) is 6.07 Å². The molecule has 3 heterocycles. The predicted octanol–water partition coefficient (Wildman–Crippen LogP) is -0.790.